The topological polar surface area (TPSA) is 46.9 Å². The quantitative estimate of drug-likeness (QED) is 0.546. The Bertz CT molecular complexity index is 845. The summed E-state index contributed by atoms with van der Waals surface area (Å²) in [5.41, 5.74) is 2.95. The Hall–Kier alpha value is -2.04. The molecule has 0 spiro atoms. The zero-order valence-electron chi connectivity index (χ0n) is 12.3. The number of amides is 1. The third-order valence-electron chi connectivity index (χ3n) is 3.65. The lowest BCUT2D eigenvalue weighted by Gasteiger charge is -2.11. The van der Waals surface area contributed by atoms with E-state index in [1.165, 1.54) is 0 Å². The lowest BCUT2D eigenvalue weighted by Crippen LogP contribution is -2.17. The Labute approximate surface area is 144 Å². The fourth-order valence-corrected chi connectivity index (χ4v) is 3.02. The fourth-order valence-electron chi connectivity index (χ4n) is 2.56. The van der Waals surface area contributed by atoms with E-state index in [1.807, 2.05) is 36.4 Å². The molecule has 2 aromatic carbocycles. The molecule has 3 aromatic rings. The standard InChI is InChI=1S/C17H15Cl2N3O/c18-13-6-5-12(14(19)9-13)10-22-16-4-2-1-3-15(16)21-17(22)7-8-20-11-23/h1-6,9,11H,7-8,10H2,(H,20,23). The number of halogens is 2. The molecule has 0 unspecified atom stereocenters. The first-order valence-corrected chi connectivity index (χ1v) is 7.99. The van der Waals surface area contributed by atoms with E-state index in [4.69, 9.17) is 23.2 Å². The molecule has 0 saturated heterocycles. The highest BCUT2D eigenvalue weighted by molar-refractivity contribution is 6.35. The van der Waals surface area contributed by atoms with Crippen LogP contribution in [0.4, 0.5) is 0 Å². The molecule has 1 N–H and O–H groups in total. The number of hydrogen-bond donors (Lipinski definition) is 1. The fraction of sp³-hybridized carbons (Fsp3) is 0.176. The molecule has 1 amide bonds. The first-order valence-electron chi connectivity index (χ1n) is 7.24. The van der Waals surface area contributed by atoms with Gasteiger partial charge in [-0.1, -0.05) is 41.4 Å². The number of nitrogens with zero attached hydrogens (tertiary/aromatic N) is 2. The molecule has 0 aliphatic carbocycles. The molecule has 0 aliphatic heterocycles. The van der Waals surface area contributed by atoms with Gasteiger partial charge < -0.3 is 9.88 Å². The molecule has 118 valence electrons. The molecule has 4 nitrogen and oxygen atoms in total. The molecule has 6 heteroatoms. The van der Waals surface area contributed by atoms with Crippen LogP contribution in [0.2, 0.25) is 10.0 Å². The van der Waals surface area contributed by atoms with Gasteiger partial charge in [0.15, 0.2) is 0 Å². The third kappa shape index (κ3) is 3.49. The van der Waals surface area contributed by atoms with Gasteiger partial charge in [0, 0.05) is 23.0 Å². The van der Waals surface area contributed by atoms with Crippen LogP contribution >= 0.6 is 23.2 Å². The number of carbonyl (C=O) groups excluding carboxylic acids is 1. The summed E-state index contributed by atoms with van der Waals surface area (Å²) in [5, 5.41) is 3.92. The number of hydrogen-bond acceptors (Lipinski definition) is 2. The summed E-state index contributed by atoms with van der Waals surface area (Å²) in [7, 11) is 0. The summed E-state index contributed by atoms with van der Waals surface area (Å²) in [4.78, 5) is 15.1. The molecule has 1 aromatic heterocycles. The SMILES string of the molecule is O=CNCCc1nc2ccccc2n1Cc1ccc(Cl)cc1Cl. The molecular weight excluding hydrogens is 333 g/mol. The van der Waals surface area contributed by atoms with Crippen LogP contribution in [0.1, 0.15) is 11.4 Å². The summed E-state index contributed by atoms with van der Waals surface area (Å²) < 4.78 is 2.12. The van der Waals surface area contributed by atoms with E-state index in [0.717, 1.165) is 22.4 Å². The van der Waals surface area contributed by atoms with Crippen LogP contribution in [0.15, 0.2) is 42.5 Å². The van der Waals surface area contributed by atoms with Crippen molar-refractivity contribution in [3.05, 3.63) is 63.9 Å². The van der Waals surface area contributed by atoms with E-state index in [9.17, 15) is 4.79 Å². The van der Waals surface area contributed by atoms with Gasteiger partial charge in [0.25, 0.3) is 0 Å². The van der Waals surface area contributed by atoms with Crippen molar-refractivity contribution in [2.24, 2.45) is 0 Å². The Balaban J connectivity index is 1.99. The van der Waals surface area contributed by atoms with E-state index in [2.05, 4.69) is 14.9 Å². The summed E-state index contributed by atoms with van der Waals surface area (Å²) >= 11 is 12.3. The molecule has 23 heavy (non-hydrogen) atoms. The van der Waals surface area contributed by atoms with Crippen molar-refractivity contribution in [2.45, 2.75) is 13.0 Å². The van der Waals surface area contributed by atoms with Crippen LogP contribution in [0.5, 0.6) is 0 Å². The van der Waals surface area contributed by atoms with E-state index in [1.54, 1.807) is 6.07 Å². The third-order valence-corrected chi connectivity index (χ3v) is 4.24. The number of benzene rings is 2. The predicted octanol–water partition coefficient (Wildman–Crippen LogP) is 3.68. The Morgan fingerprint density at radius 3 is 2.78 bits per heavy atom. The number of nitrogens with one attached hydrogen (secondary N) is 1. The van der Waals surface area contributed by atoms with Crippen LogP contribution in [0.3, 0.4) is 0 Å². The largest absolute Gasteiger partial charge is 0.358 e. The van der Waals surface area contributed by atoms with E-state index in [-0.39, 0.29) is 0 Å². The second kappa shape index (κ2) is 7.02. The van der Waals surface area contributed by atoms with Crippen LogP contribution in [-0.2, 0) is 17.8 Å². The molecule has 0 aliphatic rings. The number of carbonyl (C=O) groups is 1. The molecule has 1 heterocycles. The Morgan fingerprint density at radius 2 is 2.00 bits per heavy atom. The highest BCUT2D eigenvalue weighted by Crippen LogP contribution is 2.24. The predicted molar refractivity (Wildman–Crippen MR) is 93.1 cm³/mol. The Morgan fingerprint density at radius 1 is 1.17 bits per heavy atom. The summed E-state index contributed by atoms with van der Waals surface area (Å²) in [6.45, 7) is 1.15. The van der Waals surface area contributed by atoms with Gasteiger partial charge in [-0.2, -0.15) is 0 Å². The average Bonchev–Trinajstić information content (AvgIpc) is 2.88. The van der Waals surface area contributed by atoms with Crippen molar-refractivity contribution < 1.29 is 4.79 Å². The van der Waals surface area contributed by atoms with Gasteiger partial charge in [-0.25, -0.2) is 4.98 Å². The van der Waals surface area contributed by atoms with Crippen LogP contribution in [0, 0.1) is 0 Å². The minimum absolute atomic E-state index is 0.543. The van der Waals surface area contributed by atoms with Gasteiger partial charge in [0.2, 0.25) is 6.41 Å². The molecular formula is C17H15Cl2N3O. The van der Waals surface area contributed by atoms with Gasteiger partial charge >= 0.3 is 0 Å². The van der Waals surface area contributed by atoms with Gasteiger partial charge in [0.1, 0.15) is 5.82 Å². The number of imidazole rings is 1. The number of para-hydroxylation sites is 2. The normalized spacial score (nSPS) is 10.9. The van der Waals surface area contributed by atoms with Crippen LogP contribution in [-0.4, -0.2) is 22.5 Å². The van der Waals surface area contributed by atoms with Crippen molar-refractivity contribution in [2.75, 3.05) is 6.54 Å². The minimum Gasteiger partial charge on any atom is -0.358 e. The van der Waals surface area contributed by atoms with Gasteiger partial charge in [-0.15, -0.1) is 0 Å². The van der Waals surface area contributed by atoms with Crippen LogP contribution in [0.25, 0.3) is 11.0 Å². The van der Waals surface area contributed by atoms with Gasteiger partial charge in [-0.3, -0.25) is 4.79 Å². The average molecular weight is 348 g/mol. The molecule has 0 fully saturated rings. The maximum absolute atomic E-state index is 10.5. The molecule has 0 radical (unpaired) electrons. The zero-order chi connectivity index (χ0) is 16.2. The summed E-state index contributed by atoms with van der Waals surface area (Å²) in [6, 6.07) is 13.4. The summed E-state index contributed by atoms with van der Waals surface area (Å²) in [6.07, 6.45) is 1.35. The Kier molecular flexibility index (Phi) is 4.84. The minimum atomic E-state index is 0.543. The van der Waals surface area contributed by atoms with Crippen molar-refractivity contribution in [3.63, 3.8) is 0 Å². The molecule has 0 atom stereocenters. The number of fused-ring (bicyclic) bond motifs is 1. The summed E-state index contributed by atoms with van der Waals surface area (Å²) in [5.74, 6) is 0.909. The molecule has 0 bridgehead atoms. The smallest absolute Gasteiger partial charge is 0.207 e. The highest BCUT2D eigenvalue weighted by Gasteiger charge is 2.12. The zero-order valence-corrected chi connectivity index (χ0v) is 13.8. The number of rotatable bonds is 6. The maximum Gasteiger partial charge on any atom is 0.207 e. The highest BCUT2D eigenvalue weighted by atomic mass is 35.5. The second-order valence-electron chi connectivity index (χ2n) is 5.16. The van der Waals surface area contributed by atoms with Gasteiger partial charge in [0.05, 0.1) is 17.6 Å². The lowest BCUT2D eigenvalue weighted by molar-refractivity contribution is -0.109. The maximum atomic E-state index is 10.5. The first kappa shape index (κ1) is 15.8. The van der Waals surface area contributed by atoms with Crippen molar-refractivity contribution in [1.29, 1.82) is 0 Å². The van der Waals surface area contributed by atoms with Crippen molar-refractivity contribution in [1.82, 2.24) is 14.9 Å². The molecule has 3 rings (SSSR count). The monoisotopic (exact) mass is 347 g/mol. The van der Waals surface area contributed by atoms with Crippen molar-refractivity contribution >= 4 is 40.6 Å². The first-order chi connectivity index (χ1) is 11.2. The number of aromatic nitrogens is 2. The lowest BCUT2D eigenvalue weighted by atomic mass is 10.2. The van der Waals surface area contributed by atoms with E-state index in [0.29, 0.717) is 36.0 Å². The van der Waals surface area contributed by atoms with Gasteiger partial charge in [-0.05, 0) is 29.8 Å². The molecule has 0 saturated carbocycles. The second-order valence-corrected chi connectivity index (χ2v) is 6.00. The van der Waals surface area contributed by atoms with Crippen molar-refractivity contribution in [3.8, 4) is 0 Å². The van der Waals surface area contributed by atoms with Crippen LogP contribution < -0.4 is 5.32 Å². The van der Waals surface area contributed by atoms with E-state index >= 15 is 0 Å². The van der Waals surface area contributed by atoms with E-state index < -0.39 is 0 Å².